The number of hydrogen-bond acceptors (Lipinski definition) is 10. The second kappa shape index (κ2) is 14.7. The van der Waals surface area contributed by atoms with Crippen LogP contribution in [0.1, 0.15) is 30.6 Å². The number of carboxylic acid groups (broad SMARTS) is 3. The number of ether oxygens (including phenoxy) is 1. The Balaban J connectivity index is 0.000000405. The van der Waals surface area contributed by atoms with Crippen LogP contribution in [0, 0.1) is 0 Å². The first-order valence-electron chi connectivity index (χ1n) is 10.6. The molecule has 0 atom stereocenters. The fourth-order valence-corrected chi connectivity index (χ4v) is 2.95. The molecule has 0 aliphatic heterocycles. The summed E-state index contributed by atoms with van der Waals surface area (Å²) in [6.45, 7) is 3.63. The summed E-state index contributed by atoms with van der Waals surface area (Å²) in [5.41, 5.74) is -1.67. The van der Waals surface area contributed by atoms with Gasteiger partial charge in [-0.2, -0.15) is 0 Å². The van der Waals surface area contributed by atoms with Crippen molar-refractivity contribution in [3.63, 3.8) is 0 Å². The average molecular weight is 497 g/mol. The minimum Gasteiger partial charge on any atom is -0.481 e. The summed E-state index contributed by atoms with van der Waals surface area (Å²) in [6, 6.07) is 4.32. The number of carboxylic acids is 3. The van der Waals surface area contributed by atoms with E-state index in [1.54, 1.807) is 13.4 Å². The van der Waals surface area contributed by atoms with E-state index in [2.05, 4.69) is 33.9 Å². The summed E-state index contributed by atoms with van der Waals surface area (Å²) in [7, 11) is 5.75. The van der Waals surface area contributed by atoms with Gasteiger partial charge in [-0.15, -0.1) is 0 Å². The zero-order valence-electron chi connectivity index (χ0n) is 20.0. The Bertz CT molecular complexity index is 902. The summed E-state index contributed by atoms with van der Waals surface area (Å²) in [6.07, 6.45) is 4.15. The van der Waals surface area contributed by atoms with Gasteiger partial charge in [0.25, 0.3) is 0 Å². The molecule has 0 amide bonds. The average Bonchev–Trinajstić information content (AvgIpc) is 3.26. The summed E-state index contributed by atoms with van der Waals surface area (Å²) in [4.78, 5) is 43.3. The summed E-state index contributed by atoms with van der Waals surface area (Å²) in [5, 5.41) is 33.8. The van der Waals surface area contributed by atoms with E-state index in [9.17, 15) is 14.4 Å². The Morgan fingerprint density at radius 2 is 1.63 bits per heavy atom. The molecule has 35 heavy (non-hydrogen) atoms. The van der Waals surface area contributed by atoms with Gasteiger partial charge < -0.3 is 34.5 Å². The predicted molar refractivity (Wildman–Crippen MR) is 122 cm³/mol. The number of aliphatic carboxylic acids is 3. The zero-order chi connectivity index (χ0) is 26.4. The maximum absolute atomic E-state index is 10.3. The van der Waals surface area contributed by atoms with Gasteiger partial charge in [0.2, 0.25) is 0 Å². The molecule has 0 aliphatic carbocycles. The van der Waals surface area contributed by atoms with Crippen molar-refractivity contribution in [2.45, 2.75) is 38.0 Å². The topological polar surface area (TPSA) is 187 Å². The third-order valence-corrected chi connectivity index (χ3v) is 4.60. The van der Waals surface area contributed by atoms with Crippen LogP contribution < -0.4 is 4.74 Å². The van der Waals surface area contributed by atoms with Crippen molar-refractivity contribution >= 4 is 17.9 Å². The van der Waals surface area contributed by atoms with Crippen LogP contribution in [0.15, 0.2) is 35.2 Å². The number of carbonyl (C=O) groups is 3. The predicted octanol–water partition coefficient (Wildman–Crippen LogP) is 0.784. The molecule has 13 nitrogen and oxygen atoms in total. The van der Waals surface area contributed by atoms with E-state index >= 15 is 0 Å². The van der Waals surface area contributed by atoms with Crippen LogP contribution in [0.4, 0.5) is 0 Å². The van der Waals surface area contributed by atoms with E-state index in [0.717, 1.165) is 43.9 Å². The monoisotopic (exact) mass is 496 g/mol. The first-order valence-corrected chi connectivity index (χ1v) is 10.6. The van der Waals surface area contributed by atoms with E-state index in [1.165, 1.54) is 0 Å². The van der Waals surface area contributed by atoms with Crippen molar-refractivity contribution in [1.82, 2.24) is 19.8 Å². The first kappa shape index (κ1) is 29.5. The minimum absolute atomic E-state index is 0.397. The number of rotatable bonds is 14. The molecule has 2 heterocycles. The van der Waals surface area contributed by atoms with Gasteiger partial charge in [-0.1, -0.05) is 0 Å². The molecule has 2 aromatic rings. The molecular formula is C22H32N4O9. The molecule has 2 aromatic heterocycles. The molecule has 0 saturated heterocycles. The molecule has 0 saturated carbocycles. The molecule has 194 valence electrons. The Labute approximate surface area is 202 Å². The van der Waals surface area contributed by atoms with Crippen LogP contribution >= 0.6 is 0 Å². The standard InChI is InChI=1S/C16H24N4O2.C6H8O7/c1-19(2)7-5-8-20(13-15-6-4-9-22-15)12-14-10-17-16(21-3)18-11-14;7-3(8)1-6(13,5(11)12)2-4(9)10/h4,6,9-11H,5,7-8,12-13H2,1-3H3;13H,1-2H2,(H,7,8)(H,9,10)(H,11,12). The molecule has 0 bridgehead atoms. The Morgan fingerprint density at radius 1 is 1.03 bits per heavy atom. The number of aromatic nitrogens is 2. The highest BCUT2D eigenvalue weighted by Crippen LogP contribution is 2.16. The van der Waals surface area contributed by atoms with Crippen molar-refractivity contribution in [1.29, 1.82) is 0 Å². The number of furan rings is 1. The van der Waals surface area contributed by atoms with Crippen LogP contribution in [-0.4, -0.2) is 98.0 Å². The molecule has 0 aliphatic rings. The van der Waals surface area contributed by atoms with E-state index in [4.69, 9.17) is 29.6 Å². The molecule has 0 fully saturated rings. The molecule has 13 heteroatoms. The lowest BCUT2D eigenvalue weighted by molar-refractivity contribution is -0.170. The number of aliphatic hydroxyl groups is 1. The molecule has 0 radical (unpaired) electrons. The Hall–Kier alpha value is -3.55. The van der Waals surface area contributed by atoms with Gasteiger partial charge in [0.1, 0.15) is 5.76 Å². The summed E-state index contributed by atoms with van der Waals surface area (Å²) >= 11 is 0. The fourth-order valence-electron chi connectivity index (χ4n) is 2.95. The van der Waals surface area contributed by atoms with Crippen LogP contribution in [0.5, 0.6) is 6.01 Å². The summed E-state index contributed by atoms with van der Waals surface area (Å²) < 4.78 is 10.5. The lowest BCUT2D eigenvalue weighted by Gasteiger charge is -2.22. The first-order chi connectivity index (χ1) is 16.4. The van der Waals surface area contributed by atoms with Crippen LogP contribution in [-0.2, 0) is 27.5 Å². The van der Waals surface area contributed by atoms with E-state index in [1.807, 2.05) is 24.5 Å². The molecule has 2 rings (SSSR count). The normalized spacial score (nSPS) is 11.1. The number of nitrogens with zero attached hydrogens (tertiary/aromatic N) is 4. The van der Waals surface area contributed by atoms with E-state index in [0.29, 0.717) is 6.01 Å². The number of methoxy groups -OCH3 is 1. The summed E-state index contributed by atoms with van der Waals surface area (Å²) in [5.74, 6) is -4.05. The van der Waals surface area contributed by atoms with Gasteiger partial charge in [0.15, 0.2) is 5.60 Å². The zero-order valence-corrected chi connectivity index (χ0v) is 20.0. The van der Waals surface area contributed by atoms with Gasteiger partial charge in [-0.25, -0.2) is 14.8 Å². The molecule has 0 unspecified atom stereocenters. The molecular weight excluding hydrogens is 464 g/mol. The fraction of sp³-hybridized carbons (Fsp3) is 0.500. The van der Waals surface area contributed by atoms with Crippen molar-refractivity contribution < 1.29 is 44.0 Å². The molecule has 4 N–H and O–H groups in total. The third kappa shape index (κ3) is 11.9. The highest BCUT2D eigenvalue weighted by Gasteiger charge is 2.40. The van der Waals surface area contributed by atoms with Gasteiger partial charge >= 0.3 is 23.9 Å². The smallest absolute Gasteiger partial charge is 0.336 e. The minimum atomic E-state index is -2.74. The maximum Gasteiger partial charge on any atom is 0.336 e. The van der Waals surface area contributed by atoms with Gasteiger partial charge in [0.05, 0.1) is 32.8 Å². The third-order valence-electron chi connectivity index (χ3n) is 4.60. The van der Waals surface area contributed by atoms with Crippen molar-refractivity contribution in [3.05, 3.63) is 42.1 Å². The second-order valence-corrected chi connectivity index (χ2v) is 8.00. The lowest BCUT2D eigenvalue weighted by Crippen LogP contribution is -2.42. The van der Waals surface area contributed by atoms with Crippen molar-refractivity contribution in [2.24, 2.45) is 0 Å². The Morgan fingerprint density at radius 3 is 2.06 bits per heavy atom. The Kier molecular flexibility index (Phi) is 12.3. The van der Waals surface area contributed by atoms with Crippen LogP contribution in [0.3, 0.4) is 0 Å². The van der Waals surface area contributed by atoms with E-state index < -0.39 is 36.4 Å². The van der Waals surface area contributed by atoms with Crippen LogP contribution in [0.2, 0.25) is 0 Å². The van der Waals surface area contributed by atoms with Gasteiger partial charge in [-0.05, 0) is 39.2 Å². The number of hydrogen-bond donors (Lipinski definition) is 4. The van der Waals surface area contributed by atoms with E-state index in [-0.39, 0.29) is 0 Å². The molecule has 0 aromatic carbocycles. The van der Waals surface area contributed by atoms with Crippen LogP contribution in [0.25, 0.3) is 0 Å². The largest absolute Gasteiger partial charge is 0.481 e. The highest BCUT2D eigenvalue weighted by atomic mass is 16.5. The second-order valence-electron chi connectivity index (χ2n) is 8.00. The highest BCUT2D eigenvalue weighted by molar-refractivity contribution is 5.88. The lowest BCUT2D eigenvalue weighted by atomic mass is 9.96. The quantitative estimate of drug-likeness (QED) is 0.288. The maximum atomic E-state index is 10.3. The molecule has 0 spiro atoms. The van der Waals surface area contributed by atoms with Crippen molar-refractivity contribution in [2.75, 3.05) is 34.3 Å². The SMILES string of the molecule is COc1ncc(CN(CCCN(C)C)Cc2ccco2)cn1.O=C(O)CC(O)(CC(=O)O)C(=O)O. The van der Waals surface area contributed by atoms with Crippen molar-refractivity contribution in [3.8, 4) is 6.01 Å². The van der Waals surface area contributed by atoms with Gasteiger partial charge in [-0.3, -0.25) is 14.5 Å². The van der Waals surface area contributed by atoms with Gasteiger partial charge in [0, 0.05) is 31.0 Å².